The number of hydrogen-bond acceptors (Lipinski definition) is 8. The Labute approximate surface area is 216 Å². The van der Waals surface area contributed by atoms with Crippen LogP contribution in [0.1, 0.15) is 61.7 Å². The number of nitro groups is 1. The number of ether oxygens (including phenoxy) is 2. The van der Waals surface area contributed by atoms with Gasteiger partial charge in [-0.3, -0.25) is 14.9 Å². The molecule has 1 aliphatic carbocycles. The van der Waals surface area contributed by atoms with E-state index in [9.17, 15) is 14.9 Å². The SMILES string of the molecule is CCOC(=O)C1CC=C(c2cc3c(N[C@H](C)c4cc(C)cc([N+](=O)[O-])c4)nc(C)nc3cc2OC)CC1. The molecule has 0 spiro atoms. The Morgan fingerprint density at radius 3 is 2.65 bits per heavy atom. The molecule has 2 aromatic carbocycles. The van der Waals surface area contributed by atoms with Crippen LogP contribution in [0.3, 0.4) is 0 Å². The highest BCUT2D eigenvalue weighted by Crippen LogP contribution is 2.39. The van der Waals surface area contributed by atoms with Gasteiger partial charge in [0.2, 0.25) is 0 Å². The first-order chi connectivity index (χ1) is 17.7. The summed E-state index contributed by atoms with van der Waals surface area (Å²) in [5.74, 6) is 1.67. The maximum absolute atomic E-state index is 12.2. The van der Waals surface area contributed by atoms with Gasteiger partial charge in [-0.25, -0.2) is 9.97 Å². The van der Waals surface area contributed by atoms with E-state index in [0.29, 0.717) is 36.8 Å². The van der Waals surface area contributed by atoms with Gasteiger partial charge < -0.3 is 14.8 Å². The Hall–Kier alpha value is -4.01. The number of anilines is 1. The summed E-state index contributed by atoms with van der Waals surface area (Å²) in [7, 11) is 1.63. The third-order valence-electron chi connectivity index (χ3n) is 6.65. The fourth-order valence-corrected chi connectivity index (χ4v) is 4.79. The van der Waals surface area contributed by atoms with Crippen LogP contribution in [0.4, 0.5) is 11.5 Å². The van der Waals surface area contributed by atoms with Gasteiger partial charge in [0.1, 0.15) is 17.4 Å². The lowest BCUT2D eigenvalue weighted by atomic mass is 9.86. The lowest BCUT2D eigenvalue weighted by Gasteiger charge is -2.23. The van der Waals surface area contributed by atoms with Gasteiger partial charge in [0, 0.05) is 29.1 Å². The van der Waals surface area contributed by atoms with E-state index in [1.165, 1.54) is 0 Å². The first kappa shape index (κ1) is 26.1. The van der Waals surface area contributed by atoms with E-state index < -0.39 is 0 Å². The summed E-state index contributed by atoms with van der Waals surface area (Å²) in [5.41, 5.74) is 4.45. The van der Waals surface area contributed by atoms with E-state index in [-0.39, 0.29) is 28.5 Å². The van der Waals surface area contributed by atoms with Gasteiger partial charge in [-0.05, 0) is 69.7 Å². The molecule has 194 valence electrons. The fourth-order valence-electron chi connectivity index (χ4n) is 4.79. The normalized spacial score (nSPS) is 16.1. The van der Waals surface area contributed by atoms with E-state index in [0.717, 1.165) is 39.6 Å². The van der Waals surface area contributed by atoms with Gasteiger partial charge >= 0.3 is 5.97 Å². The van der Waals surface area contributed by atoms with Crippen molar-refractivity contribution in [3.8, 4) is 5.75 Å². The molecule has 0 saturated carbocycles. The fraction of sp³-hybridized carbons (Fsp3) is 0.393. The number of nitro benzene ring substituents is 1. The second kappa shape index (κ2) is 10.9. The number of methoxy groups -OCH3 is 1. The Morgan fingerprint density at radius 2 is 2.00 bits per heavy atom. The molecule has 0 amide bonds. The second-order valence-electron chi connectivity index (χ2n) is 9.37. The topological polar surface area (TPSA) is 116 Å². The molecule has 0 radical (unpaired) electrons. The molecule has 1 aromatic heterocycles. The van der Waals surface area contributed by atoms with Crippen molar-refractivity contribution < 1.29 is 19.2 Å². The summed E-state index contributed by atoms with van der Waals surface area (Å²) in [6.07, 6.45) is 4.15. The van der Waals surface area contributed by atoms with Crippen molar-refractivity contribution in [2.45, 2.75) is 53.0 Å². The minimum Gasteiger partial charge on any atom is -0.496 e. The Balaban J connectivity index is 1.71. The molecular weight excluding hydrogens is 472 g/mol. The third-order valence-corrected chi connectivity index (χ3v) is 6.65. The molecule has 0 fully saturated rings. The van der Waals surface area contributed by atoms with E-state index in [1.807, 2.05) is 45.9 Å². The van der Waals surface area contributed by atoms with Crippen molar-refractivity contribution in [2.24, 2.45) is 5.92 Å². The van der Waals surface area contributed by atoms with Gasteiger partial charge in [0.05, 0.1) is 36.1 Å². The van der Waals surface area contributed by atoms with Crippen molar-refractivity contribution >= 4 is 34.0 Å². The molecule has 0 saturated heterocycles. The highest BCUT2D eigenvalue weighted by Gasteiger charge is 2.25. The summed E-state index contributed by atoms with van der Waals surface area (Å²) in [6, 6.07) is 8.78. The van der Waals surface area contributed by atoms with E-state index in [2.05, 4.69) is 21.4 Å². The van der Waals surface area contributed by atoms with Crippen molar-refractivity contribution in [2.75, 3.05) is 19.0 Å². The molecule has 4 rings (SSSR count). The van der Waals surface area contributed by atoms with Crippen LogP contribution in [0.25, 0.3) is 16.5 Å². The smallest absolute Gasteiger partial charge is 0.309 e. The summed E-state index contributed by atoms with van der Waals surface area (Å²) >= 11 is 0. The maximum Gasteiger partial charge on any atom is 0.309 e. The van der Waals surface area contributed by atoms with Crippen molar-refractivity contribution in [3.63, 3.8) is 0 Å². The number of carbonyl (C=O) groups excluding carboxylic acids is 1. The molecule has 1 heterocycles. The predicted molar refractivity (Wildman–Crippen MR) is 143 cm³/mol. The zero-order chi connectivity index (χ0) is 26.7. The first-order valence-corrected chi connectivity index (χ1v) is 12.4. The number of fused-ring (bicyclic) bond motifs is 1. The Morgan fingerprint density at radius 1 is 1.22 bits per heavy atom. The van der Waals surface area contributed by atoms with Crippen LogP contribution in [0.5, 0.6) is 5.75 Å². The molecule has 3 aromatic rings. The standard InChI is InChI=1S/C28H32N4O5/c1-6-37-28(33)20-9-7-19(8-10-20)23-14-24-25(15-26(23)36-5)30-18(4)31-27(24)29-17(3)21-11-16(2)12-22(13-21)32(34)35/h7,11-15,17,20H,6,8-10H2,1-5H3,(H,29,30,31)/t17-,20?/m1/s1. The average molecular weight is 505 g/mol. The van der Waals surface area contributed by atoms with Gasteiger partial charge in [0.15, 0.2) is 0 Å². The summed E-state index contributed by atoms with van der Waals surface area (Å²) in [6.45, 7) is 7.82. The largest absolute Gasteiger partial charge is 0.496 e. The number of nitrogens with zero attached hydrogens (tertiary/aromatic N) is 3. The zero-order valence-corrected chi connectivity index (χ0v) is 21.8. The van der Waals surface area contributed by atoms with Crippen LogP contribution in [-0.2, 0) is 9.53 Å². The van der Waals surface area contributed by atoms with Crippen LogP contribution in [0.2, 0.25) is 0 Å². The van der Waals surface area contributed by atoms with Crippen molar-refractivity contribution in [1.29, 1.82) is 0 Å². The highest BCUT2D eigenvalue weighted by atomic mass is 16.6. The van der Waals surface area contributed by atoms with E-state index in [4.69, 9.17) is 9.47 Å². The number of non-ortho nitro benzene ring substituents is 1. The molecule has 9 nitrogen and oxygen atoms in total. The number of hydrogen-bond donors (Lipinski definition) is 1. The van der Waals surface area contributed by atoms with Gasteiger partial charge in [-0.15, -0.1) is 0 Å². The van der Waals surface area contributed by atoms with Gasteiger partial charge in [-0.2, -0.15) is 0 Å². The number of nitrogens with one attached hydrogen (secondary N) is 1. The minimum atomic E-state index is -0.379. The molecule has 1 N–H and O–H groups in total. The van der Waals surface area contributed by atoms with E-state index in [1.54, 1.807) is 19.2 Å². The predicted octanol–water partition coefficient (Wildman–Crippen LogP) is 6.08. The summed E-state index contributed by atoms with van der Waals surface area (Å²) < 4.78 is 10.9. The first-order valence-electron chi connectivity index (χ1n) is 12.4. The van der Waals surface area contributed by atoms with Crippen LogP contribution in [-0.4, -0.2) is 34.6 Å². The Kier molecular flexibility index (Phi) is 7.71. The lowest BCUT2D eigenvalue weighted by Crippen LogP contribution is -2.19. The van der Waals surface area contributed by atoms with Gasteiger partial charge in [0.25, 0.3) is 5.69 Å². The molecule has 0 aliphatic heterocycles. The lowest BCUT2D eigenvalue weighted by molar-refractivity contribution is -0.385. The van der Waals surface area contributed by atoms with Crippen molar-refractivity contribution in [3.05, 3.63) is 69.0 Å². The average Bonchev–Trinajstić information content (AvgIpc) is 2.87. The van der Waals surface area contributed by atoms with Crippen LogP contribution in [0.15, 0.2) is 36.4 Å². The van der Waals surface area contributed by atoms with Crippen LogP contribution >= 0.6 is 0 Å². The zero-order valence-electron chi connectivity index (χ0n) is 21.8. The number of carbonyl (C=O) groups is 1. The Bertz CT molecular complexity index is 1380. The summed E-state index contributed by atoms with van der Waals surface area (Å²) in [4.78, 5) is 32.4. The number of esters is 1. The highest BCUT2D eigenvalue weighted by molar-refractivity contribution is 5.94. The molecule has 2 atom stereocenters. The van der Waals surface area contributed by atoms with Gasteiger partial charge in [-0.1, -0.05) is 12.1 Å². The minimum absolute atomic E-state index is 0.0600. The number of aromatic nitrogens is 2. The monoisotopic (exact) mass is 504 g/mol. The maximum atomic E-state index is 12.2. The molecular formula is C28H32N4O5. The number of benzene rings is 2. The second-order valence-corrected chi connectivity index (χ2v) is 9.37. The molecule has 1 unspecified atom stereocenters. The van der Waals surface area contributed by atoms with Crippen LogP contribution < -0.4 is 10.1 Å². The number of rotatable bonds is 8. The van der Waals surface area contributed by atoms with Crippen molar-refractivity contribution in [1.82, 2.24) is 9.97 Å². The third kappa shape index (κ3) is 5.71. The molecule has 1 aliphatic rings. The molecule has 9 heteroatoms. The quantitative estimate of drug-likeness (QED) is 0.223. The van der Waals surface area contributed by atoms with Crippen LogP contribution in [0, 0.1) is 29.9 Å². The number of allylic oxidation sites excluding steroid dienone is 2. The summed E-state index contributed by atoms with van der Waals surface area (Å²) in [5, 5.41) is 15.6. The molecule has 0 bridgehead atoms. The number of aryl methyl sites for hydroxylation is 2. The molecule has 37 heavy (non-hydrogen) atoms. The van der Waals surface area contributed by atoms with E-state index >= 15 is 0 Å².